The Morgan fingerprint density at radius 2 is 1.16 bits per heavy atom. The van der Waals surface area contributed by atoms with Gasteiger partial charge in [0.15, 0.2) is 0 Å². The van der Waals surface area contributed by atoms with Crippen molar-refractivity contribution in [1.82, 2.24) is 4.72 Å². The van der Waals surface area contributed by atoms with Gasteiger partial charge in [-0.05, 0) is 85.3 Å². The molecule has 3 aromatic carbocycles. The van der Waals surface area contributed by atoms with Crippen LogP contribution >= 0.6 is 11.6 Å². The predicted molar refractivity (Wildman–Crippen MR) is 164 cm³/mol. The molecular weight excluding hydrogens is 640 g/mol. The molecule has 0 spiro atoms. The van der Waals surface area contributed by atoms with E-state index in [0.717, 1.165) is 47.5 Å². The van der Waals surface area contributed by atoms with Gasteiger partial charge in [-0.25, -0.2) is 40.3 Å². The molecule has 10 nitrogen and oxygen atoms in total. The van der Waals surface area contributed by atoms with Crippen LogP contribution in [-0.4, -0.2) is 33.1 Å². The third-order valence-electron chi connectivity index (χ3n) is 6.35. The number of halogens is 3. The van der Waals surface area contributed by atoms with Crippen LogP contribution in [0.5, 0.6) is 0 Å². The number of sulfonamides is 2. The molecule has 2 amide bonds. The molecule has 0 saturated heterocycles. The van der Waals surface area contributed by atoms with E-state index in [4.69, 9.17) is 21.8 Å². The lowest BCUT2D eigenvalue weighted by molar-refractivity contribution is 0.193. The number of rotatable bonds is 8. The maximum Gasteiger partial charge on any atom is 0.333 e. The Morgan fingerprint density at radius 3 is 1.55 bits per heavy atom. The molecule has 0 aliphatic carbocycles. The second-order valence-corrected chi connectivity index (χ2v) is 14.3. The number of anilines is 1. The Balaban J connectivity index is 0.000000402. The van der Waals surface area contributed by atoms with Crippen LogP contribution in [0.15, 0.2) is 58.3 Å². The SMILES string of the molecule is CC(C)c1cc(Cl)cc(C(C)C)c1NC(=O)NS(=O)(=O)c1ccc(F)c(C(C)O)c1.CC(O)c1cc(S(N)(=O)=O)ccc1F. The maximum absolute atomic E-state index is 13.8. The lowest BCUT2D eigenvalue weighted by Crippen LogP contribution is -2.35. The van der Waals surface area contributed by atoms with Crippen LogP contribution in [0.1, 0.15) is 87.8 Å². The molecule has 6 N–H and O–H groups in total. The largest absolute Gasteiger partial charge is 0.389 e. The summed E-state index contributed by atoms with van der Waals surface area (Å²) in [5.41, 5.74) is 1.78. The van der Waals surface area contributed by atoms with Crippen LogP contribution in [-0.2, 0) is 20.0 Å². The summed E-state index contributed by atoms with van der Waals surface area (Å²) in [6.45, 7) is 10.4. The van der Waals surface area contributed by atoms with Crippen molar-refractivity contribution in [3.8, 4) is 0 Å². The van der Waals surface area contributed by atoms with Gasteiger partial charge in [0.05, 0.1) is 22.0 Å². The molecule has 0 aromatic heterocycles. The smallest absolute Gasteiger partial charge is 0.333 e. The summed E-state index contributed by atoms with van der Waals surface area (Å²) in [4.78, 5) is 12.0. The topological polar surface area (TPSA) is 176 Å². The third kappa shape index (κ3) is 9.68. The van der Waals surface area contributed by atoms with E-state index < -0.39 is 49.9 Å². The molecule has 44 heavy (non-hydrogen) atoms. The molecule has 3 rings (SSSR count). The Labute approximate surface area is 261 Å². The highest BCUT2D eigenvalue weighted by molar-refractivity contribution is 7.90. The molecule has 0 heterocycles. The minimum atomic E-state index is -4.29. The van der Waals surface area contributed by atoms with Gasteiger partial charge in [0.2, 0.25) is 10.0 Å². The van der Waals surface area contributed by atoms with Crippen LogP contribution in [0.3, 0.4) is 0 Å². The number of nitrogens with two attached hydrogens (primary N) is 1. The summed E-state index contributed by atoms with van der Waals surface area (Å²) in [5, 5.41) is 26.7. The third-order valence-corrected chi connectivity index (χ3v) is 8.81. The highest BCUT2D eigenvalue weighted by Crippen LogP contribution is 2.35. The Kier molecular flexibility index (Phi) is 12.4. The second kappa shape index (κ2) is 14.8. The van der Waals surface area contributed by atoms with Crippen molar-refractivity contribution in [2.75, 3.05) is 5.32 Å². The standard InChI is InChI=1S/C21H26ClFN2O4S.C8H10FNO3S/c1-11(2)16-8-14(22)9-17(12(3)4)20(16)24-21(27)25-30(28,29)15-6-7-19(23)18(10-15)13(5)26;1-5(11)7-4-6(14(10,12)13)2-3-8(7)9/h6-13,26H,1-5H3,(H2,24,25,27);2-5,11H,1H3,(H2,10,12,13). The van der Waals surface area contributed by atoms with Gasteiger partial charge in [-0.15, -0.1) is 0 Å². The van der Waals surface area contributed by atoms with Gasteiger partial charge < -0.3 is 15.5 Å². The normalized spacial score (nSPS) is 13.2. The number of aliphatic hydroxyl groups is 2. The zero-order valence-electron chi connectivity index (χ0n) is 24.9. The number of aliphatic hydroxyl groups excluding tert-OH is 2. The van der Waals surface area contributed by atoms with Gasteiger partial charge in [-0.3, -0.25) is 0 Å². The van der Waals surface area contributed by atoms with Gasteiger partial charge in [0.1, 0.15) is 11.6 Å². The minimum Gasteiger partial charge on any atom is -0.389 e. The van der Waals surface area contributed by atoms with Gasteiger partial charge >= 0.3 is 6.03 Å². The predicted octanol–water partition coefficient (Wildman–Crippen LogP) is 5.82. The molecule has 2 unspecified atom stereocenters. The van der Waals surface area contributed by atoms with Crippen LogP contribution in [0, 0.1) is 11.6 Å². The van der Waals surface area contributed by atoms with E-state index in [1.54, 1.807) is 12.1 Å². The molecule has 242 valence electrons. The van der Waals surface area contributed by atoms with Crippen molar-refractivity contribution in [3.63, 3.8) is 0 Å². The van der Waals surface area contributed by atoms with Crippen molar-refractivity contribution in [3.05, 3.63) is 87.4 Å². The first kappa shape index (κ1) is 37.0. The molecule has 0 radical (unpaired) electrons. The Hall–Kier alpha value is -3.14. The lowest BCUT2D eigenvalue weighted by atomic mass is 9.92. The van der Waals surface area contributed by atoms with E-state index in [2.05, 4.69) is 5.32 Å². The van der Waals surface area contributed by atoms with Gasteiger partial charge in [0.25, 0.3) is 10.0 Å². The zero-order valence-corrected chi connectivity index (χ0v) is 27.3. The number of amides is 2. The van der Waals surface area contributed by atoms with E-state index in [1.807, 2.05) is 32.4 Å². The number of hydrogen-bond acceptors (Lipinski definition) is 7. The summed E-state index contributed by atoms with van der Waals surface area (Å²) in [6, 6.07) is 8.50. The van der Waals surface area contributed by atoms with Crippen molar-refractivity contribution in [2.45, 2.75) is 75.4 Å². The first-order valence-corrected chi connectivity index (χ1v) is 16.7. The molecule has 3 aromatic rings. The van der Waals surface area contributed by atoms with Gasteiger partial charge in [0, 0.05) is 21.8 Å². The Bertz CT molecular complexity index is 1700. The Morgan fingerprint density at radius 1 is 0.750 bits per heavy atom. The summed E-state index contributed by atoms with van der Waals surface area (Å²) in [5.74, 6) is -1.34. The van der Waals surface area contributed by atoms with Gasteiger partial charge in [-0.1, -0.05) is 39.3 Å². The van der Waals surface area contributed by atoms with E-state index in [9.17, 15) is 35.5 Å². The molecule has 15 heteroatoms. The number of nitrogens with one attached hydrogen (secondary N) is 2. The average Bonchev–Trinajstić information content (AvgIpc) is 2.88. The van der Waals surface area contributed by atoms with Crippen LogP contribution < -0.4 is 15.2 Å². The summed E-state index contributed by atoms with van der Waals surface area (Å²) < 4.78 is 75.7. The summed E-state index contributed by atoms with van der Waals surface area (Å²) >= 11 is 6.21. The summed E-state index contributed by atoms with van der Waals surface area (Å²) in [7, 11) is -8.15. The van der Waals surface area contributed by atoms with Crippen LogP contribution in [0.2, 0.25) is 5.02 Å². The van der Waals surface area contributed by atoms with Gasteiger partial charge in [-0.2, -0.15) is 0 Å². The van der Waals surface area contributed by atoms with E-state index >= 15 is 0 Å². The number of carbonyl (C=O) groups excluding carboxylic acids is 1. The molecule has 0 aliphatic heterocycles. The molecule has 0 bridgehead atoms. The molecule has 2 atom stereocenters. The van der Waals surface area contributed by atoms with Crippen LogP contribution in [0.4, 0.5) is 19.3 Å². The molecule has 0 saturated carbocycles. The number of carbonyl (C=O) groups is 1. The van der Waals surface area contributed by atoms with E-state index in [-0.39, 0.29) is 32.8 Å². The number of primary sulfonamides is 1. The monoisotopic (exact) mass is 675 g/mol. The quantitative estimate of drug-likeness (QED) is 0.200. The molecule has 0 aliphatic rings. The first-order chi connectivity index (χ1) is 20.1. The molecule has 0 fully saturated rings. The average molecular weight is 676 g/mol. The number of benzene rings is 3. The summed E-state index contributed by atoms with van der Waals surface area (Å²) in [6.07, 6.45) is -2.28. The van der Waals surface area contributed by atoms with Crippen molar-refractivity contribution in [2.24, 2.45) is 5.14 Å². The molecular formula is C29H36ClF2N3O7S2. The fourth-order valence-corrected chi connectivity index (χ4v) is 5.78. The number of urea groups is 1. The zero-order chi connectivity index (χ0) is 33.7. The van der Waals surface area contributed by atoms with E-state index in [0.29, 0.717) is 10.7 Å². The minimum absolute atomic E-state index is 0.0267. The fraction of sp³-hybridized carbons (Fsp3) is 0.345. The maximum atomic E-state index is 13.8. The fourth-order valence-electron chi connectivity index (χ4n) is 4.05. The lowest BCUT2D eigenvalue weighted by Gasteiger charge is -2.21. The van der Waals surface area contributed by atoms with Crippen molar-refractivity contribution in [1.29, 1.82) is 0 Å². The first-order valence-electron chi connectivity index (χ1n) is 13.3. The van der Waals surface area contributed by atoms with E-state index in [1.165, 1.54) is 13.8 Å². The number of hydrogen-bond donors (Lipinski definition) is 5. The van der Waals surface area contributed by atoms with Crippen molar-refractivity contribution < 1.29 is 40.6 Å². The second-order valence-electron chi connectivity index (χ2n) is 10.6. The highest BCUT2D eigenvalue weighted by atomic mass is 35.5. The van der Waals surface area contributed by atoms with Crippen LogP contribution in [0.25, 0.3) is 0 Å². The highest BCUT2D eigenvalue weighted by Gasteiger charge is 2.23. The van der Waals surface area contributed by atoms with Crippen molar-refractivity contribution >= 4 is 43.4 Å².